The molecule has 0 atom stereocenters. The summed E-state index contributed by atoms with van der Waals surface area (Å²) in [6.45, 7) is 7.67. The highest BCUT2D eigenvalue weighted by atomic mass is 16.5. The topological polar surface area (TPSA) is 123 Å². The van der Waals surface area contributed by atoms with Crippen LogP contribution in [0.2, 0.25) is 0 Å². The Morgan fingerprint density at radius 3 is 3.00 bits per heavy atom. The van der Waals surface area contributed by atoms with Gasteiger partial charge in [0.15, 0.2) is 5.96 Å². The molecular formula is C22H28N6O3. The van der Waals surface area contributed by atoms with Crippen molar-refractivity contribution in [3.05, 3.63) is 47.1 Å². The Balaban J connectivity index is 1.77. The van der Waals surface area contributed by atoms with Gasteiger partial charge in [0.05, 0.1) is 23.6 Å². The Bertz CT molecular complexity index is 968. The number of nitriles is 1. The van der Waals surface area contributed by atoms with E-state index in [0.29, 0.717) is 61.1 Å². The van der Waals surface area contributed by atoms with Gasteiger partial charge < -0.3 is 25.4 Å². The summed E-state index contributed by atoms with van der Waals surface area (Å²) in [5.41, 5.74) is 1.60. The quantitative estimate of drug-likeness (QED) is 0.464. The molecule has 31 heavy (non-hydrogen) atoms. The first-order valence-electron chi connectivity index (χ1n) is 10.2. The van der Waals surface area contributed by atoms with Crippen LogP contribution in [0.15, 0.2) is 40.8 Å². The van der Waals surface area contributed by atoms with Crippen molar-refractivity contribution in [1.29, 1.82) is 5.26 Å². The normalized spacial score (nSPS) is 20.0. The molecule has 3 heterocycles. The zero-order valence-corrected chi connectivity index (χ0v) is 18.1. The third kappa shape index (κ3) is 5.48. The van der Waals surface area contributed by atoms with E-state index in [2.05, 4.69) is 26.7 Å². The van der Waals surface area contributed by atoms with Crippen molar-refractivity contribution < 1.29 is 14.6 Å². The molecule has 0 spiro atoms. The number of hydrogen-bond acceptors (Lipinski definition) is 6. The number of nitrogens with one attached hydrogen (secondary N) is 2. The number of aliphatic hydroxyl groups is 1. The molecule has 1 aromatic rings. The van der Waals surface area contributed by atoms with Gasteiger partial charge >= 0.3 is 0 Å². The fraction of sp³-hybridized carbons (Fsp3) is 0.455. The summed E-state index contributed by atoms with van der Waals surface area (Å²) in [5, 5.41) is 26.7. The third-order valence-corrected chi connectivity index (χ3v) is 5.07. The van der Waals surface area contributed by atoms with Crippen LogP contribution in [-0.4, -0.2) is 59.7 Å². The summed E-state index contributed by atoms with van der Waals surface area (Å²) in [7, 11) is 0. The molecule has 0 aliphatic carbocycles. The molecule has 2 aliphatic rings. The molecule has 3 N–H and O–H groups in total. The Kier molecular flexibility index (Phi) is 7.05. The number of aliphatic imine (C=N–C) groups is 1. The number of amides is 1. The van der Waals surface area contributed by atoms with Crippen molar-refractivity contribution in [2.75, 3.05) is 32.8 Å². The van der Waals surface area contributed by atoms with Crippen LogP contribution in [0.25, 0.3) is 5.57 Å². The largest absolute Gasteiger partial charge is 0.386 e. The van der Waals surface area contributed by atoms with Crippen LogP contribution in [0.4, 0.5) is 0 Å². The van der Waals surface area contributed by atoms with Crippen LogP contribution >= 0.6 is 0 Å². The molecule has 9 heteroatoms. The maximum atomic E-state index is 11.8. The Morgan fingerprint density at radius 2 is 2.29 bits per heavy atom. The molecule has 0 unspecified atom stereocenters. The number of carbonyl (C=O) groups excluding carboxylic acids is 1. The molecule has 1 amide bonds. The van der Waals surface area contributed by atoms with Crippen LogP contribution in [0.3, 0.4) is 0 Å². The number of morpholine rings is 1. The standard InChI is InChI=1S/C22H28N6O3/c1-15-13-26-21(25-8-5-9-28-10-11-31-14-18(28)29)27-19(15)16(12-23)20-17(22(2,3)30)6-4-7-24-20/h4,6-7,13,30H,5,8-11,14H2,1-3H3,(H2,25,26,27). The molecule has 1 fully saturated rings. The molecule has 9 nitrogen and oxygen atoms in total. The van der Waals surface area contributed by atoms with Crippen LogP contribution in [-0.2, 0) is 15.1 Å². The molecular weight excluding hydrogens is 396 g/mol. The number of rotatable bonds is 6. The average molecular weight is 425 g/mol. The molecule has 0 saturated carbocycles. The summed E-state index contributed by atoms with van der Waals surface area (Å²) in [4.78, 5) is 22.5. The number of pyridine rings is 1. The number of nitrogens with zero attached hydrogens (tertiary/aromatic N) is 4. The first-order chi connectivity index (χ1) is 14.8. The number of hydrogen-bond donors (Lipinski definition) is 3. The highest BCUT2D eigenvalue weighted by Gasteiger charge is 2.26. The summed E-state index contributed by atoms with van der Waals surface area (Å²) in [6.07, 6.45) is 4.10. The van der Waals surface area contributed by atoms with Gasteiger partial charge in [0.2, 0.25) is 5.91 Å². The van der Waals surface area contributed by atoms with Gasteiger partial charge in [-0.1, -0.05) is 6.07 Å². The summed E-state index contributed by atoms with van der Waals surface area (Å²) in [5.74, 6) is 0.524. The van der Waals surface area contributed by atoms with Gasteiger partial charge in [-0.15, -0.1) is 0 Å². The maximum Gasteiger partial charge on any atom is 0.248 e. The molecule has 1 saturated heterocycles. The summed E-state index contributed by atoms with van der Waals surface area (Å²) < 4.78 is 5.14. The third-order valence-electron chi connectivity index (χ3n) is 5.07. The monoisotopic (exact) mass is 424 g/mol. The Hall–Kier alpha value is -3.22. The Morgan fingerprint density at radius 1 is 1.48 bits per heavy atom. The van der Waals surface area contributed by atoms with Gasteiger partial charge in [0.25, 0.3) is 0 Å². The number of ether oxygens (including phenoxy) is 1. The number of guanidine groups is 1. The average Bonchev–Trinajstić information content (AvgIpc) is 2.74. The smallest absolute Gasteiger partial charge is 0.248 e. The highest BCUT2D eigenvalue weighted by molar-refractivity contribution is 5.91. The number of carbonyl (C=O) groups is 1. The molecule has 1 aromatic heterocycles. The van der Waals surface area contributed by atoms with E-state index in [0.717, 1.165) is 5.57 Å². The lowest BCUT2D eigenvalue weighted by Crippen LogP contribution is -2.42. The molecule has 0 bridgehead atoms. The van der Waals surface area contributed by atoms with Gasteiger partial charge in [-0.3, -0.25) is 14.8 Å². The van der Waals surface area contributed by atoms with Crippen LogP contribution in [0.1, 0.15) is 38.4 Å². The predicted molar refractivity (Wildman–Crippen MR) is 116 cm³/mol. The second-order valence-corrected chi connectivity index (χ2v) is 7.93. The van der Waals surface area contributed by atoms with Gasteiger partial charge in [-0.25, -0.2) is 0 Å². The van der Waals surface area contributed by atoms with Gasteiger partial charge in [-0.05, 0) is 38.8 Å². The maximum absolute atomic E-state index is 11.8. The SMILES string of the molecule is CC1=CNC(=NCCCN2CCOCC2=O)NC1=C(C#N)c1ncccc1C(C)(C)O. The van der Waals surface area contributed by atoms with Crippen molar-refractivity contribution in [3.8, 4) is 6.07 Å². The fourth-order valence-corrected chi connectivity index (χ4v) is 3.41. The van der Waals surface area contributed by atoms with Crippen LogP contribution < -0.4 is 10.6 Å². The van der Waals surface area contributed by atoms with E-state index in [1.807, 2.05) is 6.92 Å². The molecule has 3 rings (SSSR count). The second-order valence-electron chi connectivity index (χ2n) is 7.93. The van der Waals surface area contributed by atoms with Gasteiger partial charge in [0.1, 0.15) is 18.2 Å². The molecule has 2 aliphatic heterocycles. The minimum Gasteiger partial charge on any atom is -0.386 e. The van der Waals surface area contributed by atoms with E-state index in [1.54, 1.807) is 43.3 Å². The molecule has 0 radical (unpaired) electrons. The van der Waals surface area contributed by atoms with E-state index >= 15 is 0 Å². The fourth-order valence-electron chi connectivity index (χ4n) is 3.41. The molecule has 0 aromatic carbocycles. The van der Waals surface area contributed by atoms with E-state index in [9.17, 15) is 15.2 Å². The van der Waals surface area contributed by atoms with Crippen molar-refractivity contribution in [2.24, 2.45) is 4.99 Å². The van der Waals surface area contributed by atoms with Crippen molar-refractivity contribution in [2.45, 2.75) is 32.8 Å². The van der Waals surface area contributed by atoms with E-state index in [-0.39, 0.29) is 12.5 Å². The number of aromatic nitrogens is 1. The van der Waals surface area contributed by atoms with Gasteiger partial charge in [-0.2, -0.15) is 5.26 Å². The first kappa shape index (κ1) is 22.5. The lowest BCUT2D eigenvalue weighted by Gasteiger charge is -2.26. The van der Waals surface area contributed by atoms with E-state index in [1.165, 1.54) is 0 Å². The zero-order chi connectivity index (χ0) is 22.4. The van der Waals surface area contributed by atoms with Gasteiger partial charge in [0, 0.05) is 37.6 Å². The second kappa shape index (κ2) is 9.73. The highest BCUT2D eigenvalue weighted by Crippen LogP contribution is 2.29. The zero-order valence-electron chi connectivity index (χ0n) is 18.1. The van der Waals surface area contributed by atoms with Crippen LogP contribution in [0.5, 0.6) is 0 Å². The van der Waals surface area contributed by atoms with Crippen molar-refractivity contribution >= 4 is 17.4 Å². The summed E-state index contributed by atoms with van der Waals surface area (Å²) in [6, 6.07) is 5.73. The predicted octanol–water partition coefficient (Wildman–Crippen LogP) is 1.25. The Labute approximate surface area is 182 Å². The number of allylic oxidation sites excluding steroid dienone is 2. The molecule has 164 valence electrons. The van der Waals surface area contributed by atoms with Crippen molar-refractivity contribution in [1.82, 2.24) is 20.5 Å². The lowest BCUT2D eigenvalue weighted by molar-refractivity contribution is -0.142. The first-order valence-corrected chi connectivity index (χ1v) is 10.2. The minimum atomic E-state index is -1.15. The van der Waals surface area contributed by atoms with Crippen molar-refractivity contribution in [3.63, 3.8) is 0 Å². The summed E-state index contributed by atoms with van der Waals surface area (Å²) >= 11 is 0. The lowest BCUT2D eigenvalue weighted by atomic mass is 9.92. The van der Waals surface area contributed by atoms with E-state index < -0.39 is 5.60 Å². The van der Waals surface area contributed by atoms with E-state index in [4.69, 9.17) is 4.74 Å². The van der Waals surface area contributed by atoms with Crippen LogP contribution in [0, 0.1) is 11.3 Å². The minimum absolute atomic E-state index is 0.00762.